The van der Waals surface area contributed by atoms with Crippen LogP contribution in [0.3, 0.4) is 0 Å². The zero-order valence-electron chi connectivity index (χ0n) is 12.5. The van der Waals surface area contributed by atoms with E-state index in [1.807, 2.05) is 12.1 Å². The summed E-state index contributed by atoms with van der Waals surface area (Å²) in [6.45, 7) is 7.40. The first-order valence-electron chi connectivity index (χ1n) is 7.24. The molecule has 1 fully saturated rings. The fraction of sp³-hybridized carbons (Fsp3) is 0.533. The summed E-state index contributed by atoms with van der Waals surface area (Å²) in [6, 6.07) is 8.24. The number of nitrogens with one attached hydrogen (secondary N) is 1. The summed E-state index contributed by atoms with van der Waals surface area (Å²) in [5.74, 6) is 0.478. The van der Waals surface area contributed by atoms with E-state index in [2.05, 4.69) is 34.3 Å². The largest absolute Gasteiger partial charge is 0.379 e. The van der Waals surface area contributed by atoms with E-state index < -0.39 is 0 Å². The molecule has 0 unspecified atom stereocenters. The number of benzene rings is 1. The lowest BCUT2D eigenvalue weighted by Crippen LogP contribution is -2.38. The number of hydrogen-bond donors (Lipinski definition) is 2. The van der Waals surface area contributed by atoms with Gasteiger partial charge in [0.1, 0.15) is 0 Å². The maximum atomic E-state index is 5.91. The van der Waals surface area contributed by atoms with Gasteiger partial charge in [-0.2, -0.15) is 0 Å². The molecule has 0 radical (unpaired) electrons. The SMILES string of the molecule is CCc1cccc(NC(N)=NCCN2CCOCC2)c1.I. The van der Waals surface area contributed by atoms with Crippen LogP contribution in [-0.4, -0.2) is 50.3 Å². The number of morpholine rings is 1. The number of hydrogen-bond acceptors (Lipinski definition) is 3. The quantitative estimate of drug-likeness (QED) is 0.447. The van der Waals surface area contributed by atoms with Crippen molar-refractivity contribution in [1.82, 2.24) is 4.90 Å². The van der Waals surface area contributed by atoms with Crippen molar-refractivity contribution in [1.29, 1.82) is 0 Å². The first-order valence-corrected chi connectivity index (χ1v) is 7.24. The summed E-state index contributed by atoms with van der Waals surface area (Å²) >= 11 is 0. The molecule has 1 heterocycles. The van der Waals surface area contributed by atoms with Crippen LogP contribution in [0.5, 0.6) is 0 Å². The van der Waals surface area contributed by atoms with E-state index in [0.29, 0.717) is 12.5 Å². The molecule has 1 aliphatic rings. The smallest absolute Gasteiger partial charge is 0.193 e. The lowest BCUT2D eigenvalue weighted by atomic mass is 10.1. The normalized spacial score (nSPS) is 16.3. The number of guanidine groups is 1. The molecule has 2 rings (SSSR count). The van der Waals surface area contributed by atoms with Crippen molar-refractivity contribution < 1.29 is 4.74 Å². The Bertz CT molecular complexity index is 447. The van der Waals surface area contributed by atoms with Crippen molar-refractivity contribution in [2.75, 3.05) is 44.7 Å². The minimum absolute atomic E-state index is 0. The van der Waals surface area contributed by atoms with Crippen LogP contribution in [0.15, 0.2) is 29.3 Å². The standard InChI is InChI=1S/C15H24N4O.HI/c1-2-13-4-3-5-14(12-13)18-15(16)17-6-7-19-8-10-20-11-9-19;/h3-5,12H,2,6-11H2,1H3,(H3,16,17,18);1H. The molecular weight excluding hydrogens is 379 g/mol. The number of nitrogens with zero attached hydrogens (tertiary/aromatic N) is 2. The van der Waals surface area contributed by atoms with Crippen molar-refractivity contribution >= 4 is 35.6 Å². The molecule has 1 aromatic carbocycles. The summed E-state index contributed by atoms with van der Waals surface area (Å²) in [4.78, 5) is 6.72. The number of aliphatic imine (C=N–C) groups is 1. The minimum atomic E-state index is 0. The molecule has 118 valence electrons. The van der Waals surface area contributed by atoms with Crippen molar-refractivity contribution in [3.05, 3.63) is 29.8 Å². The second-order valence-electron chi connectivity index (χ2n) is 4.90. The Morgan fingerprint density at radius 1 is 1.38 bits per heavy atom. The van der Waals surface area contributed by atoms with Crippen molar-refractivity contribution in [3.8, 4) is 0 Å². The van der Waals surface area contributed by atoms with E-state index in [0.717, 1.165) is 45.0 Å². The second kappa shape index (κ2) is 9.97. The van der Waals surface area contributed by atoms with Crippen LogP contribution < -0.4 is 11.1 Å². The third-order valence-corrected chi connectivity index (χ3v) is 3.41. The van der Waals surface area contributed by atoms with E-state index in [1.54, 1.807) is 0 Å². The molecule has 21 heavy (non-hydrogen) atoms. The monoisotopic (exact) mass is 404 g/mol. The average molecular weight is 404 g/mol. The predicted octanol–water partition coefficient (Wildman–Crippen LogP) is 1.93. The van der Waals surface area contributed by atoms with Gasteiger partial charge in [-0.15, -0.1) is 24.0 Å². The zero-order valence-corrected chi connectivity index (χ0v) is 14.9. The Hall–Kier alpha value is -0.860. The number of rotatable bonds is 5. The van der Waals surface area contributed by atoms with Crippen molar-refractivity contribution in [3.63, 3.8) is 0 Å². The summed E-state index contributed by atoms with van der Waals surface area (Å²) in [5, 5.41) is 3.14. The molecule has 3 N–H and O–H groups in total. The number of aryl methyl sites for hydroxylation is 1. The van der Waals surface area contributed by atoms with Crippen LogP contribution in [0.2, 0.25) is 0 Å². The van der Waals surface area contributed by atoms with Crippen molar-refractivity contribution in [2.45, 2.75) is 13.3 Å². The van der Waals surface area contributed by atoms with Gasteiger partial charge in [0.2, 0.25) is 0 Å². The predicted molar refractivity (Wildman–Crippen MR) is 98.6 cm³/mol. The highest BCUT2D eigenvalue weighted by Gasteiger charge is 2.08. The molecule has 5 nitrogen and oxygen atoms in total. The second-order valence-corrected chi connectivity index (χ2v) is 4.90. The van der Waals surface area contributed by atoms with E-state index in [1.165, 1.54) is 5.56 Å². The first kappa shape index (κ1) is 18.2. The molecule has 0 atom stereocenters. The number of halogens is 1. The molecule has 6 heteroatoms. The third kappa shape index (κ3) is 6.62. The lowest BCUT2D eigenvalue weighted by Gasteiger charge is -2.25. The van der Waals surface area contributed by atoms with E-state index in [9.17, 15) is 0 Å². The van der Waals surface area contributed by atoms with E-state index in [-0.39, 0.29) is 24.0 Å². The first-order chi connectivity index (χ1) is 9.78. The van der Waals surface area contributed by atoms with Gasteiger partial charge >= 0.3 is 0 Å². The highest BCUT2D eigenvalue weighted by atomic mass is 127. The summed E-state index contributed by atoms with van der Waals surface area (Å²) in [5.41, 5.74) is 8.19. The fourth-order valence-electron chi connectivity index (χ4n) is 2.19. The fourth-order valence-corrected chi connectivity index (χ4v) is 2.19. The molecular formula is C15H25IN4O. The van der Waals surface area contributed by atoms with E-state index >= 15 is 0 Å². The summed E-state index contributed by atoms with van der Waals surface area (Å²) in [6.07, 6.45) is 1.02. The summed E-state index contributed by atoms with van der Waals surface area (Å²) < 4.78 is 5.31. The molecule has 1 saturated heterocycles. The Balaban J connectivity index is 0.00000220. The highest BCUT2D eigenvalue weighted by Crippen LogP contribution is 2.10. The number of anilines is 1. The maximum absolute atomic E-state index is 5.91. The van der Waals surface area contributed by atoms with Crippen LogP contribution in [0, 0.1) is 0 Å². The Kier molecular flexibility index (Phi) is 8.63. The highest BCUT2D eigenvalue weighted by molar-refractivity contribution is 14.0. The van der Waals surface area contributed by atoms with Gasteiger partial charge in [-0.05, 0) is 24.1 Å². The number of nitrogens with two attached hydrogens (primary N) is 1. The molecule has 0 amide bonds. The number of ether oxygens (including phenoxy) is 1. The summed E-state index contributed by atoms with van der Waals surface area (Å²) in [7, 11) is 0. The van der Waals surface area contributed by atoms with Gasteiger partial charge in [0.05, 0.1) is 19.8 Å². The molecule has 0 aliphatic carbocycles. The van der Waals surface area contributed by atoms with Crippen LogP contribution in [0.1, 0.15) is 12.5 Å². The van der Waals surface area contributed by atoms with Crippen LogP contribution in [0.25, 0.3) is 0 Å². The van der Waals surface area contributed by atoms with Gasteiger partial charge < -0.3 is 15.8 Å². The maximum Gasteiger partial charge on any atom is 0.193 e. The van der Waals surface area contributed by atoms with E-state index in [4.69, 9.17) is 10.5 Å². The topological polar surface area (TPSA) is 62.9 Å². The Morgan fingerprint density at radius 3 is 2.86 bits per heavy atom. The molecule has 0 saturated carbocycles. The van der Waals surface area contributed by atoms with Crippen LogP contribution in [0.4, 0.5) is 5.69 Å². The van der Waals surface area contributed by atoms with Gasteiger partial charge in [-0.1, -0.05) is 19.1 Å². The average Bonchev–Trinajstić information content (AvgIpc) is 2.48. The molecule has 0 aromatic heterocycles. The van der Waals surface area contributed by atoms with Gasteiger partial charge in [-0.3, -0.25) is 9.89 Å². The van der Waals surface area contributed by atoms with Gasteiger partial charge in [0.15, 0.2) is 5.96 Å². The van der Waals surface area contributed by atoms with Crippen LogP contribution >= 0.6 is 24.0 Å². The van der Waals surface area contributed by atoms with Crippen LogP contribution in [-0.2, 0) is 11.2 Å². The Morgan fingerprint density at radius 2 is 2.14 bits per heavy atom. The molecule has 0 spiro atoms. The lowest BCUT2D eigenvalue weighted by molar-refractivity contribution is 0.0394. The van der Waals surface area contributed by atoms with Gasteiger partial charge in [0, 0.05) is 25.3 Å². The third-order valence-electron chi connectivity index (χ3n) is 3.41. The molecule has 0 bridgehead atoms. The molecule has 1 aliphatic heterocycles. The van der Waals surface area contributed by atoms with Gasteiger partial charge in [0.25, 0.3) is 0 Å². The van der Waals surface area contributed by atoms with Crippen molar-refractivity contribution in [2.24, 2.45) is 10.7 Å². The zero-order chi connectivity index (χ0) is 14.2. The van der Waals surface area contributed by atoms with Gasteiger partial charge in [-0.25, -0.2) is 0 Å². The minimum Gasteiger partial charge on any atom is -0.379 e. The Labute approximate surface area is 144 Å². The molecule has 1 aromatic rings.